The summed E-state index contributed by atoms with van der Waals surface area (Å²) < 4.78 is 7.87. The van der Waals surface area contributed by atoms with Crippen molar-refractivity contribution in [1.82, 2.24) is 9.55 Å². The molecule has 3 heterocycles. The van der Waals surface area contributed by atoms with Gasteiger partial charge in [-0.2, -0.15) is 0 Å². The molecule has 0 atom stereocenters. The highest BCUT2D eigenvalue weighted by Gasteiger charge is 2.21. The Morgan fingerprint density at radius 2 is 1.86 bits per heavy atom. The van der Waals surface area contributed by atoms with Gasteiger partial charge in [0.15, 0.2) is 5.13 Å². The van der Waals surface area contributed by atoms with Crippen molar-refractivity contribution in [2.45, 2.75) is 20.8 Å². The number of nitrogens with one attached hydrogen (secondary N) is 1. The smallest absolute Gasteiger partial charge is 0.186 e. The highest BCUT2D eigenvalue weighted by molar-refractivity contribution is 7.14. The number of anilines is 1. The number of quaternary nitrogens is 1. The minimum Gasteiger partial charge on any atom is -0.494 e. The molecule has 0 unspecified atom stereocenters. The Labute approximate surface area is 171 Å². The molecule has 1 aliphatic heterocycles. The molecule has 28 heavy (non-hydrogen) atoms. The number of hydrogen-bond acceptors (Lipinski definition) is 4. The lowest BCUT2D eigenvalue weighted by Crippen LogP contribution is -3.12. The van der Waals surface area contributed by atoms with Gasteiger partial charge in [0.2, 0.25) is 0 Å². The predicted octanol–water partition coefficient (Wildman–Crippen LogP) is 2.95. The van der Waals surface area contributed by atoms with E-state index in [4.69, 9.17) is 9.72 Å². The van der Waals surface area contributed by atoms with E-state index in [1.54, 1.807) is 16.2 Å². The Morgan fingerprint density at radius 3 is 2.54 bits per heavy atom. The van der Waals surface area contributed by atoms with Crippen LogP contribution in [0.1, 0.15) is 18.3 Å². The Hall–Kier alpha value is -2.31. The van der Waals surface area contributed by atoms with Crippen LogP contribution in [0.2, 0.25) is 0 Å². The molecular formula is C22H29N4OS+. The molecule has 148 valence electrons. The van der Waals surface area contributed by atoms with Crippen molar-refractivity contribution in [3.63, 3.8) is 0 Å². The molecule has 1 aromatic carbocycles. The maximum atomic E-state index is 5.57. The molecule has 0 radical (unpaired) electrons. The Balaban J connectivity index is 1.61. The molecule has 6 heteroatoms. The van der Waals surface area contributed by atoms with Gasteiger partial charge in [0.25, 0.3) is 0 Å². The van der Waals surface area contributed by atoms with Crippen LogP contribution in [0.3, 0.4) is 0 Å². The van der Waals surface area contributed by atoms with Crippen LogP contribution in [0, 0.1) is 13.8 Å². The van der Waals surface area contributed by atoms with Crippen molar-refractivity contribution in [1.29, 1.82) is 0 Å². The summed E-state index contributed by atoms with van der Waals surface area (Å²) in [5.74, 6) is 0.909. The summed E-state index contributed by atoms with van der Waals surface area (Å²) in [6.45, 7) is 11.6. The quantitative estimate of drug-likeness (QED) is 0.719. The van der Waals surface area contributed by atoms with E-state index < -0.39 is 0 Å². The normalized spacial score (nSPS) is 15.2. The molecule has 1 fully saturated rings. The molecule has 0 saturated carbocycles. The molecule has 1 N–H and O–H groups in total. The maximum Gasteiger partial charge on any atom is 0.186 e. The molecule has 5 nitrogen and oxygen atoms in total. The van der Waals surface area contributed by atoms with Crippen LogP contribution in [0.5, 0.6) is 5.75 Å². The molecule has 1 aliphatic rings. The third-order valence-electron chi connectivity index (χ3n) is 5.49. The average molecular weight is 398 g/mol. The zero-order chi connectivity index (χ0) is 19.7. The number of rotatable bonds is 5. The van der Waals surface area contributed by atoms with E-state index in [1.165, 1.54) is 30.0 Å². The van der Waals surface area contributed by atoms with E-state index in [1.807, 2.05) is 19.1 Å². The highest BCUT2D eigenvalue weighted by Crippen LogP contribution is 2.33. The lowest BCUT2D eigenvalue weighted by Gasteiger charge is -2.29. The van der Waals surface area contributed by atoms with Crippen molar-refractivity contribution in [3.8, 4) is 22.7 Å². The summed E-state index contributed by atoms with van der Waals surface area (Å²) in [5, 5.41) is 3.35. The molecule has 3 aromatic rings. The van der Waals surface area contributed by atoms with E-state index >= 15 is 0 Å². The fourth-order valence-electron chi connectivity index (χ4n) is 3.89. The fraction of sp³-hybridized carbons (Fsp3) is 0.409. The molecule has 0 amide bonds. The summed E-state index contributed by atoms with van der Waals surface area (Å²) in [6.07, 6.45) is 0. The van der Waals surface area contributed by atoms with Gasteiger partial charge in [0.1, 0.15) is 5.75 Å². The topological polar surface area (TPSA) is 34.7 Å². The van der Waals surface area contributed by atoms with Crippen LogP contribution < -0.4 is 14.5 Å². The summed E-state index contributed by atoms with van der Waals surface area (Å²) in [7, 11) is 2.26. The van der Waals surface area contributed by atoms with Crippen molar-refractivity contribution in [2.75, 3.05) is 44.7 Å². The maximum absolute atomic E-state index is 5.57. The van der Waals surface area contributed by atoms with Crippen molar-refractivity contribution in [2.24, 2.45) is 0 Å². The predicted molar refractivity (Wildman–Crippen MR) is 116 cm³/mol. The number of aryl methyl sites for hydroxylation is 1. The molecular weight excluding hydrogens is 368 g/mol. The second-order valence-electron chi connectivity index (χ2n) is 7.51. The van der Waals surface area contributed by atoms with Gasteiger partial charge in [-0.1, -0.05) is 0 Å². The van der Waals surface area contributed by atoms with E-state index in [-0.39, 0.29) is 0 Å². The van der Waals surface area contributed by atoms with Crippen LogP contribution in [0.15, 0.2) is 35.7 Å². The number of nitrogens with zero attached hydrogens (tertiary/aromatic N) is 3. The van der Waals surface area contributed by atoms with E-state index in [0.29, 0.717) is 6.61 Å². The first-order chi connectivity index (χ1) is 13.6. The lowest BCUT2D eigenvalue weighted by atomic mass is 10.2. The van der Waals surface area contributed by atoms with Gasteiger partial charge in [-0.25, -0.2) is 4.98 Å². The van der Waals surface area contributed by atoms with Gasteiger partial charge in [-0.05, 0) is 51.1 Å². The number of thiazole rings is 1. The van der Waals surface area contributed by atoms with Crippen LogP contribution in [0.4, 0.5) is 5.13 Å². The molecule has 4 rings (SSSR count). The lowest BCUT2D eigenvalue weighted by molar-refractivity contribution is -0.880. The van der Waals surface area contributed by atoms with Crippen LogP contribution >= 0.6 is 11.3 Å². The number of aromatic nitrogens is 2. The van der Waals surface area contributed by atoms with Gasteiger partial charge in [0, 0.05) is 28.0 Å². The first kappa shape index (κ1) is 19.0. The third-order valence-corrected chi connectivity index (χ3v) is 6.39. The van der Waals surface area contributed by atoms with Crippen molar-refractivity contribution >= 4 is 16.5 Å². The van der Waals surface area contributed by atoms with E-state index in [2.05, 4.69) is 53.9 Å². The fourth-order valence-corrected chi connectivity index (χ4v) is 4.77. The second-order valence-corrected chi connectivity index (χ2v) is 8.34. The molecule has 0 bridgehead atoms. The second kappa shape index (κ2) is 7.97. The standard InChI is InChI=1S/C22H28N4OS/c1-5-27-19-8-6-18(7-9-19)26-16(2)14-20(17(26)3)21-15-28-22(23-21)25-12-10-24(4)11-13-25/h6-9,14-15H,5,10-13H2,1-4H3/p+1. The molecule has 0 spiro atoms. The monoisotopic (exact) mass is 397 g/mol. The first-order valence-electron chi connectivity index (χ1n) is 10.0. The molecule has 0 aliphatic carbocycles. The number of benzene rings is 1. The number of ether oxygens (including phenoxy) is 1. The third kappa shape index (κ3) is 3.66. The van der Waals surface area contributed by atoms with Crippen molar-refractivity contribution in [3.05, 3.63) is 47.1 Å². The Bertz CT molecular complexity index is 936. The summed E-state index contributed by atoms with van der Waals surface area (Å²) in [6, 6.07) is 10.6. The Morgan fingerprint density at radius 1 is 1.14 bits per heavy atom. The summed E-state index contributed by atoms with van der Waals surface area (Å²) in [5.41, 5.74) is 5.89. The number of likely N-dealkylation sites (N-methyl/N-ethyl adjacent to an activating group) is 1. The average Bonchev–Trinajstić information content (AvgIpc) is 3.28. The highest BCUT2D eigenvalue weighted by atomic mass is 32.1. The largest absolute Gasteiger partial charge is 0.494 e. The molecule has 2 aromatic heterocycles. The van der Waals surface area contributed by atoms with E-state index in [0.717, 1.165) is 35.4 Å². The van der Waals surface area contributed by atoms with Gasteiger partial charge in [-0.3, -0.25) is 0 Å². The van der Waals surface area contributed by atoms with Crippen molar-refractivity contribution < 1.29 is 9.64 Å². The van der Waals surface area contributed by atoms with Gasteiger partial charge in [-0.15, -0.1) is 11.3 Å². The number of piperazine rings is 1. The Kier molecular flexibility index (Phi) is 5.42. The minimum atomic E-state index is 0.686. The summed E-state index contributed by atoms with van der Waals surface area (Å²) >= 11 is 1.76. The summed E-state index contributed by atoms with van der Waals surface area (Å²) in [4.78, 5) is 9.01. The van der Waals surface area contributed by atoms with Gasteiger partial charge < -0.3 is 19.1 Å². The molecule has 1 saturated heterocycles. The van der Waals surface area contributed by atoms with Gasteiger partial charge >= 0.3 is 0 Å². The first-order valence-corrected chi connectivity index (χ1v) is 10.9. The van der Waals surface area contributed by atoms with Crippen LogP contribution in [0.25, 0.3) is 16.9 Å². The number of hydrogen-bond donors (Lipinski definition) is 1. The van der Waals surface area contributed by atoms with Crippen LogP contribution in [-0.4, -0.2) is 49.4 Å². The SMILES string of the molecule is CCOc1ccc(-n2c(C)cc(-c3csc(N4CC[NH+](C)CC4)n3)c2C)cc1. The zero-order valence-electron chi connectivity index (χ0n) is 17.2. The van der Waals surface area contributed by atoms with Gasteiger partial charge in [0.05, 0.1) is 45.5 Å². The minimum absolute atomic E-state index is 0.686. The van der Waals surface area contributed by atoms with Crippen LogP contribution in [-0.2, 0) is 0 Å². The van der Waals surface area contributed by atoms with E-state index in [9.17, 15) is 0 Å². The zero-order valence-corrected chi connectivity index (χ0v) is 18.0.